The smallest absolute Gasteiger partial charge is 0.330 e. The van der Waals surface area contributed by atoms with Crippen molar-refractivity contribution in [3.63, 3.8) is 0 Å². The van der Waals surface area contributed by atoms with Crippen molar-refractivity contribution in [3.05, 3.63) is 48.0 Å². The molecule has 1 unspecified atom stereocenters. The number of urea groups is 1. The Kier molecular flexibility index (Phi) is 3.14. The monoisotopic (exact) mass is 244 g/mol. The summed E-state index contributed by atoms with van der Waals surface area (Å²) in [6.07, 6.45) is 0. The normalized spacial score (nSPS) is 12.0. The average molecular weight is 244 g/mol. The van der Waals surface area contributed by atoms with E-state index >= 15 is 0 Å². The van der Waals surface area contributed by atoms with Crippen LogP contribution in [0.3, 0.4) is 0 Å². The second-order valence-corrected chi connectivity index (χ2v) is 3.85. The van der Waals surface area contributed by atoms with Crippen molar-refractivity contribution in [2.45, 2.75) is 6.04 Å². The SMILES string of the molecule is NC(=O)NC(C(=O)O)c1cccc2ccccc12. The number of carbonyl (C=O) groups excluding carboxylic acids is 1. The van der Waals surface area contributed by atoms with Crippen LogP contribution in [0.25, 0.3) is 10.8 Å². The van der Waals surface area contributed by atoms with Gasteiger partial charge in [-0.1, -0.05) is 42.5 Å². The molecule has 2 amide bonds. The van der Waals surface area contributed by atoms with Gasteiger partial charge in [-0.25, -0.2) is 9.59 Å². The largest absolute Gasteiger partial charge is 0.479 e. The lowest BCUT2D eigenvalue weighted by atomic mass is 9.99. The molecule has 0 saturated heterocycles. The first-order chi connectivity index (χ1) is 8.59. The zero-order chi connectivity index (χ0) is 13.1. The lowest BCUT2D eigenvalue weighted by molar-refractivity contribution is -0.139. The highest BCUT2D eigenvalue weighted by Gasteiger charge is 2.22. The van der Waals surface area contributed by atoms with Crippen LogP contribution >= 0.6 is 0 Å². The summed E-state index contributed by atoms with van der Waals surface area (Å²) in [6.45, 7) is 0. The van der Waals surface area contributed by atoms with Crippen LogP contribution in [0.5, 0.6) is 0 Å². The molecule has 5 nitrogen and oxygen atoms in total. The fourth-order valence-corrected chi connectivity index (χ4v) is 1.92. The summed E-state index contributed by atoms with van der Waals surface area (Å²) in [7, 11) is 0. The fourth-order valence-electron chi connectivity index (χ4n) is 1.92. The highest BCUT2D eigenvalue weighted by molar-refractivity contribution is 5.92. The molecule has 0 spiro atoms. The minimum Gasteiger partial charge on any atom is -0.479 e. The number of rotatable bonds is 3. The molecule has 0 aliphatic carbocycles. The van der Waals surface area contributed by atoms with E-state index in [9.17, 15) is 9.59 Å². The van der Waals surface area contributed by atoms with E-state index in [1.165, 1.54) is 0 Å². The molecule has 0 saturated carbocycles. The summed E-state index contributed by atoms with van der Waals surface area (Å²) in [5.74, 6) is -1.15. The maximum atomic E-state index is 11.2. The molecule has 0 heterocycles. The first-order valence-electron chi connectivity index (χ1n) is 5.36. The number of carboxylic acid groups (broad SMARTS) is 1. The molecule has 5 heteroatoms. The van der Waals surface area contributed by atoms with Gasteiger partial charge in [-0.05, 0) is 16.3 Å². The van der Waals surface area contributed by atoms with E-state index in [-0.39, 0.29) is 0 Å². The van der Waals surface area contributed by atoms with E-state index in [1.54, 1.807) is 12.1 Å². The molecule has 0 aliphatic heterocycles. The Morgan fingerprint density at radius 1 is 1.11 bits per heavy atom. The fraction of sp³-hybridized carbons (Fsp3) is 0.0769. The molecule has 0 bridgehead atoms. The molecule has 0 aliphatic rings. The molecular weight excluding hydrogens is 232 g/mol. The summed E-state index contributed by atoms with van der Waals surface area (Å²) in [6, 6.07) is 10.6. The standard InChI is InChI=1S/C13H12N2O3/c14-13(18)15-11(12(16)17)10-7-3-5-8-4-1-2-6-9(8)10/h1-7,11H,(H,16,17)(H3,14,15,18). The number of amides is 2. The van der Waals surface area contributed by atoms with Crippen molar-refractivity contribution >= 4 is 22.8 Å². The number of hydrogen-bond donors (Lipinski definition) is 3. The Hall–Kier alpha value is -2.56. The van der Waals surface area contributed by atoms with Gasteiger partial charge >= 0.3 is 12.0 Å². The van der Waals surface area contributed by atoms with E-state index in [0.717, 1.165) is 10.8 Å². The minimum atomic E-state index is -1.15. The van der Waals surface area contributed by atoms with Crippen LogP contribution in [-0.2, 0) is 4.79 Å². The Bertz CT molecular complexity index is 605. The van der Waals surface area contributed by atoms with Gasteiger partial charge in [-0.2, -0.15) is 0 Å². The maximum absolute atomic E-state index is 11.2. The van der Waals surface area contributed by atoms with E-state index in [4.69, 9.17) is 10.8 Å². The van der Waals surface area contributed by atoms with E-state index in [2.05, 4.69) is 5.32 Å². The number of primary amides is 1. The number of nitrogens with one attached hydrogen (secondary N) is 1. The van der Waals surface area contributed by atoms with Crippen LogP contribution in [0.1, 0.15) is 11.6 Å². The van der Waals surface area contributed by atoms with Gasteiger partial charge in [0.05, 0.1) is 0 Å². The Balaban J connectivity index is 2.57. The Morgan fingerprint density at radius 3 is 2.44 bits per heavy atom. The van der Waals surface area contributed by atoms with E-state index in [0.29, 0.717) is 5.56 Å². The number of benzene rings is 2. The molecule has 18 heavy (non-hydrogen) atoms. The Morgan fingerprint density at radius 2 is 1.78 bits per heavy atom. The lowest BCUT2D eigenvalue weighted by Crippen LogP contribution is -2.37. The zero-order valence-corrected chi connectivity index (χ0v) is 9.46. The van der Waals surface area contributed by atoms with Crippen molar-refractivity contribution in [2.75, 3.05) is 0 Å². The summed E-state index contributed by atoms with van der Waals surface area (Å²) < 4.78 is 0. The predicted molar refractivity (Wildman–Crippen MR) is 67.0 cm³/mol. The maximum Gasteiger partial charge on any atom is 0.330 e. The van der Waals surface area contributed by atoms with Crippen LogP contribution in [0.2, 0.25) is 0 Å². The van der Waals surface area contributed by atoms with Crippen LogP contribution in [0.4, 0.5) is 4.79 Å². The van der Waals surface area contributed by atoms with Gasteiger partial charge in [0.1, 0.15) is 0 Å². The van der Waals surface area contributed by atoms with Gasteiger partial charge in [0.15, 0.2) is 6.04 Å². The summed E-state index contributed by atoms with van der Waals surface area (Å²) >= 11 is 0. The molecule has 0 aromatic heterocycles. The number of fused-ring (bicyclic) bond motifs is 1. The summed E-state index contributed by atoms with van der Waals surface area (Å²) in [5, 5.41) is 13.1. The van der Waals surface area contributed by atoms with Gasteiger partial charge in [-0.15, -0.1) is 0 Å². The van der Waals surface area contributed by atoms with E-state index < -0.39 is 18.0 Å². The van der Waals surface area contributed by atoms with Gasteiger partial charge in [0.25, 0.3) is 0 Å². The molecule has 0 radical (unpaired) electrons. The van der Waals surface area contributed by atoms with Gasteiger partial charge in [-0.3, -0.25) is 0 Å². The summed E-state index contributed by atoms with van der Waals surface area (Å²) in [4.78, 5) is 22.1. The van der Waals surface area contributed by atoms with Crippen LogP contribution in [-0.4, -0.2) is 17.1 Å². The molecular formula is C13H12N2O3. The second-order valence-electron chi connectivity index (χ2n) is 3.85. The van der Waals surface area contributed by atoms with Crippen LogP contribution < -0.4 is 11.1 Å². The molecule has 4 N–H and O–H groups in total. The molecule has 0 fully saturated rings. The molecule has 1 atom stereocenters. The average Bonchev–Trinajstić information content (AvgIpc) is 2.35. The first kappa shape index (κ1) is 11.9. The molecule has 2 rings (SSSR count). The van der Waals surface area contributed by atoms with Crippen molar-refractivity contribution in [1.29, 1.82) is 0 Å². The number of carboxylic acids is 1. The predicted octanol–water partition coefficient (Wildman–Crippen LogP) is 1.63. The van der Waals surface area contributed by atoms with Gasteiger partial charge in [0.2, 0.25) is 0 Å². The van der Waals surface area contributed by atoms with Crippen molar-refractivity contribution in [1.82, 2.24) is 5.32 Å². The van der Waals surface area contributed by atoms with Crippen molar-refractivity contribution < 1.29 is 14.7 Å². The zero-order valence-electron chi connectivity index (χ0n) is 9.46. The van der Waals surface area contributed by atoms with Gasteiger partial charge < -0.3 is 16.2 Å². The lowest BCUT2D eigenvalue weighted by Gasteiger charge is -2.15. The number of carbonyl (C=O) groups is 2. The number of aliphatic carboxylic acids is 1. The highest BCUT2D eigenvalue weighted by Crippen LogP contribution is 2.24. The van der Waals surface area contributed by atoms with Gasteiger partial charge in [0, 0.05) is 0 Å². The van der Waals surface area contributed by atoms with Crippen LogP contribution in [0, 0.1) is 0 Å². The van der Waals surface area contributed by atoms with Crippen molar-refractivity contribution in [2.24, 2.45) is 5.73 Å². The quantitative estimate of drug-likeness (QED) is 0.766. The third-order valence-electron chi connectivity index (χ3n) is 2.67. The van der Waals surface area contributed by atoms with E-state index in [1.807, 2.05) is 30.3 Å². The van der Waals surface area contributed by atoms with Crippen LogP contribution in [0.15, 0.2) is 42.5 Å². The topological polar surface area (TPSA) is 92.4 Å². The molecule has 2 aromatic rings. The Labute approximate surface area is 103 Å². The third-order valence-corrected chi connectivity index (χ3v) is 2.67. The third kappa shape index (κ3) is 2.24. The first-order valence-corrected chi connectivity index (χ1v) is 5.36. The minimum absolute atomic E-state index is 0.513. The molecule has 92 valence electrons. The molecule has 2 aromatic carbocycles. The summed E-state index contributed by atoms with van der Waals surface area (Å²) in [5.41, 5.74) is 5.51. The number of nitrogens with two attached hydrogens (primary N) is 1. The van der Waals surface area contributed by atoms with Crippen molar-refractivity contribution in [3.8, 4) is 0 Å². The second kappa shape index (κ2) is 4.75. The number of hydrogen-bond acceptors (Lipinski definition) is 2. The highest BCUT2D eigenvalue weighted by atomic mass is 16.4.